The maximum Gasteiger partial charge on any atom is 0.244 e. The van der Waals surface area contributed by atoms with Crippen LogP contribution in [0.4, 0.5) is 5.69 Å². The third kappa shape index (κ3) is 7.02. The summed E-state index contributed by atoms with van der Waals surface area (Å²) in [5.41, 5.74) is 1.42. The molecule has 0 fully saturated rings. The van der Waals surface area contributed by atoms with Gasteiger partial charge >= 0.3 is 0 Å². The second-order valence-electron chi connectivity index (χ2n) is 8.49. The molecule has 0 saturated carbocycles. The van der Waals surface area contributed by atoms with Gasteiger partial charge in [0.25, 0.3) is 0 Å². The third-order valence-electron chi connectivity index (χ3n) is 4.87. The average Bonchev–Trinajstić information content (AvgIpc) is 2.70. The van der Waals surface area contributed by atoms with Crippen LogP contribution in [0.25, 0.3) is 0 Å². The van der Waals surface area contributed by atoms with E-state index in [1.807, 2.05) is 24.3 Å². The molecule has 1 N–H and O–H groups in total. The molecule has 0 aliphatic carbocycles. The average molecular weight is 501 g/mol. The van der Waals surface area contributed by atoms with Gasteiger partial charge in [-0.1, -0.05) is 63.0 Å². The van der Waals surface area contributed by atoms with Crippen LogP contribution >= 0.6 is 23.2 Å². The van der Waals surface area contributed by atoms with Gasteiger partial charge in [0.1, 0.15) is 18.4 Å². The monoisotopic (exact) mass is 500 g/mol. The Morgan fingerprint density at radius 3 is 2.28 bits per heavy atom. The lowest BCUT2D eigenvalue weighted by molar-refractivity contribution is -0.122. The van der Waals surface area contributed by atoms with Crippen LogP contribution in [0.2, 0.25) is 10.0 Å². The van der Waals surface area contributed by atoms with Crippen molar-refractivity contribution >= 4 is 44.8 Å². The molecule has 0 aliphatic heterocycles. The summed E-state index contributed by atoms with van der Waals surface area (Å²) in [6.07, 6.45) is 1.28. The molecule has 0 heterocycles. The molecule has 9 heteroatoms. The number of nitrogens with one attached hydrogen (secondary N) is 1. The number of hydrogen-bond acceptors (Lipinski definition) is 4. The molecular formula is C23H30Cl2N2O4S. The fourth-order valence-electron chi connectivity index (χ4n) is 3.20. The summed E-state index contributed by atoms with van der Waals surface area (Å²) < 4.78 is 31.8. The van der Waals surface area contributed by atoms with Crippen LogP contribution in [0, 0.1) is 0 Å². The lowest BCUT2D eigenvalue weighted by Gasteiger charge is -2.30. The van der Waals surface area contributed by atoms with Crippen LogP contribution < -0.4 is 14.4 Å². The van der Waals surface area contributed by atoms with Gasteiger partial charge in [0.2, 0.25) is 15.9 Å². The highest BCUT2D eigenvalue weighted by molar-refractivity contribution is 7.92. The van der Waals surface area contributed by atoms with Crippen LogP contribution in [-0.2, 0) is 20.2 Å². The van der Waals surface area contributed by atoms with E-state index in [9.17, 15) is 13.2 Å². The molecule has 2 aromatic carbocycles. The summed E-state index contributed by atoms with van der Waals surface area (Å²) >= 11 is 12.3. The van der Waals surface area contributed by atoms with Crippen molar-refractivity contribution in [1.29, 1.82) is 0 Å². The number of sulfonamides is 1. The Morgan fingerprint density at radius 1 is 1.12 bits per heavy atom. The molecule has 6 nitrogen and oxygen atoms in total. The fraction of sp³-hybridized carbons (Fsp3) is 0.435. The minimum absolute atomic E-state index is 0.0546. The number of anilines is 1. The first-order chi connectivity index (χ1) is 14.8. The number of benzene rings is 2. The summed E-state index contributed by atoms with van der Waals surface area (Å²) in [6, 6.07) is 11.3. The predicted molar refractivity (Wildman–Crippen MR) is 132 cm³/mol. The molecule has 1 atom stereocenters. The largest absolute Gasteiger partial charge is 0.492 e. The second kappa shape index (κ2) is 10.8. The molecule has 0 aliphatic rings. The number of hydrogen-bond donors (Lipinski definition) is 1. The summed E-state index contributed by atoms with van der Waals surface area (Å²) in [7, 11) is -3.81. The highest BCUT2D eigenvalue weighted by Crippen LogP contribution is 2.33. The van der Waals surface area contributed by atoms with Crippen molar-refractivity contribution in [2.75, 3.05) is 23.7 Å². The zero-order valence-electron chi connectivity index (χ0n) is 19.0. The van der Waals surface area contributed by atoms with E-state index in [0.717, 1.165) is 10.6 Å². The van der Waals surface area contributed by atoms with E-state index in [-0.39, 0.29) is 35.7 Å². The predicted octanol–water partition coefficient (Wildman–Crippen LogP) is 5.03. The maximum atomic E-state index is 12.8. The topological polar surface area (TPSA) is 75.7 Å². The standard InChI is InChI=1S/C23H30Cl2N2O4S/c1-6-20(27(32(5,29)30)21-15-17(24)9-12-19(21)25)22(28)26-13-14-31-18-10-7-16(8-11-18)23(2,3)4/h7-12,15,20H,6,13-14H2,1-5H3,(H,26,28)/t20-/m0/s1. The molecule has 1 amide bonds. The Hall–Kier alpha value is -1.96. The molecule has 0 bridgehead atoms. The molecule has 0 aromatic heterocycles. The normalized spacial score (nSPS) is 12.8. The number of halogens is 2. The van der Waals surface area contributed by atoms with Crippen molar-refractivity contribution in [2.45, 2.75) is 45.6 Å². The van der Waals surface area contributed by atoms with Gasteiger partial charge in [-0.3, -0.25) is 9.10 Å². The number of carbonyl (C=O) groups is 1. The highest BCUT2D eigenvalue weighted by atomic mass is 35.5. The van der Waals surface area contributed by atoms with Crippen LogP contribution in [0.15, 0.2) is 42.5 Å². The van der Waals surface area contributed by atoms with Gasteiger partial charge in [0.05, 0.1) is 23.5 Å². The first-order valence-electron chi connectivity index (χ1n) is 10.3. The van der Waals surface area contributed by atoms with Crippen molar-refractivity contribution in [3.8, 4) is 5.75 Å². The highest BCUT2D eigenvalue weighted by Gasteiger charge is 2.32. The Kier molecular flexibility index (Phi) is 8.85. The Labute approximate surface area is 200 Å². The Bertz CT molecular complexity index is 1030. The molecular weight excluding hydrogens is 471 g/mol. The maximum absolute atomic E-state index is 12.8. The molecule has 0 radical (unpaired) electrons. The van der Waals surface area contributed by atoms with E-state index >= 15 is 0 Å². The Balaban J connectivity index is 2.05. The molecule has 0 saturated heterocycles. The number of ether oxygens (including phenoxy) is 1. The van der Waals surface area contributed by atoms with E-state index < -0.39 is 22.0 Å². The summed E-state index contributed by atoms with van der Waals surface area (Å²) in [4.78, 5) is 12.8. The van der Waals surface area contributed by atoms with Crippen molar-refractivity contribution < 1.29 is 17.9 Å². The van der Waals surface area contributed by atoms with Crippen LogP contribution in [0.3, 0.4) is 0 Å². The number of carbonyl (C=O) groups excluding carboxylic acids is 1. The molecule has 2 aromatic rings. The summed E-state index contributed by atoms with van der Waals surface area (Å²) in [6.45, 7) is 8.61. The quantitative estimate of drug-likeness (QED) is 0.489. The molecule has 32 heavy (non-hydrogen) atoms. The summed E-state index contributed by atoms with van der Waals surface area (Å²) in [5, 5.41) is 3.26. The minimum Gasteiger partial charge on any atom is -0.492 e. The zero-order valence-corrected chi connectivity index (χ0v) is 21.3. The van der Waals surface area contributed by atoms with Gasteiger partial charge in [-0.25, -0.2) is 8.42 Å². The van der Waals surface area contributed by atoms with Crippen molar-refractivity contribution in [1.82, 2.24) is 5.32 Å². The molecule has 0 spiro atoms. The van der Waals surface area contributed by atoms with E-state index in [0.29, 0.717) is 10.8 Å². The zero-order chi connectivity index (χ0) is 24.1. The SMILES string of the molecule is CC[C@@H](C(=O)NCCOc1ccc(C(C)(C)C)cc1)N(c1cc(Cl)ccc1Cl)S(C)(=O)=O. The molecule has 2 rings (SSSR count). The van der Waals surface area contributed by atoms with Gasteiger partial charge in [0.15, 0.2) is 0 Å². The lowest BCUT2D eigenvalue weighted by atomic mass is 9.87. The number of rotatable bonds is 9. The van der Waals surface area contributed by atoms with Crippen LogP contribution in [0.1, 0.15) is 39.7 Å². The van der Waals surface area contributed by atoms with E-state index in [1.165, 1.54) is 17.7 Å². The smallest absolute Gasteiger partial charge is 0.244 e. The van der Waals surface area contributed by atoms with Crippen LogP contribution in [0.5, 0.6) is 5.75 Å². The third-order valence-corrected chi connectivity index (χ3v) is 6.59. The first kappa shape index (κ1) is 26.3. The van der Waals surface area contributed by atoms with Gasteiger partial charge in [-0.2, -0.15) is 0 Å². The van der Waals surface area contributed by atoms with Crippen molar-refractivity contribution in [3.05, 3.63) is 58.1 Å². The van der Waals surface area contributed by atoms with E-state index in [4.69, 9.17) is 27.9 Å². The van der Waals surface area contributed by atoms with Crippen LogP contribution in [-0.4, -0.2) is 39.8 Å². The Morgan fingerprint density at radius 2 is 1.75 bits per heavy atom. The molecule has 0 unspecified atom stereocenters. The fourth-order valence-corrected chi connectivity index (χ4v) is 4.84. The minimum atomic E-state index is -3.81. The lowest BCUT2D eigenvalue weighted by Crippen LogP contribution is -2.50. The first-order valence-corrected chi connectivity index (χ1v) is 12.9. The van der Waals surface area contributed by atoms with Gasteiger partial charge < -0.3 is 10.1 Å². The van der Waals surface area contributed by atoms with Gasteiger partial charge in [-0.15, -0.1) is 0 Å². The van der Waals surface area contributed by atoms with Crippen molar-refractivity contribution in [2.24, 2.45) is 0 Å². The van der Waals surface area contributed by atoms with Gasteiger partial charge in [-0.05, 0) is 47.7 Å². The molecule has 176 valence electrons. The second-order valence-corrected chi connectivity index (χ2v) is 11.2. The number of amides is 1. The van der Waals surface area contributed by atoms with E-state index in [1.54, 1.807) is 13.0 Å². The van der Waals surface area contributed by atoms with E-state index in [2.05, 4.69) is 26.1 Å². The van der Waals surface area contributed by atoms with Gasteiger partial charge in [0, 0.05) is 5.02 Å². The summed E-state index contributed by atoms with van der Waals surface area (Å²) in [5.74, 6) is 0.253. The van der Waals surface area contributed by atoms with Crippen molar-refractivity contribution in [3.63, 3.8) is 0 Å². The number of nitrogens with zero attached hydrogens (tertiary/aromatic N) is 1.